The molecule has 0 saturated heterocycles. The number of carbonyl (C=O) groups excluding carboxylic acids is 1. The smallest absolute Gasteiger partial charge is 0.409 e. The maximum absolute atomic E-state index is 12.3. The predicted octanol–water partition coefficient (Wildman–Crippen LogP) is 5.16. The number of hydrogen-bond acceptors (Lipinski definition) is 3. The summed E-state index contributed by atoms with van der Waals surface area (Å²) in [4.78, 5) is 23.5. The summed E-state index contributed by atoms with van der Waals surface area (Å²) in [5.74, 6) is -0.192. The van der Waals surface area contributed by atoms with E-state index in [1.54, 1.807) is 24.3 Å². The van der Waals surface area contributed by atoms with Crippen molar-refractivity contribution in [1.82, 2.24) is 0 Å². The number of amides is 2. The minimum Gasteiger partial charge on any atom is -0.465 e. The fraction of sp³-hybridized carbons (Fsp3) is 0.130. The third-order valence-corrected chi connectivity index (χ3v) is 4.91. The molecule has 2 amide bonds. The summed E-state index contributed by atoms with van der Waals surface area (Å²) in [7, 11) is 0. The average Bonchev–Trinajstić information content (AvgIpc) is 2.73. The fourth-order valence-corrected chi connectivity index (χ4v) is 3.31. The molecule has 154 valence electrons. The fourth-order valence-electron chi connectivity index (χ4n) is 3.07. The molecule has 0 radical (unpaired) electrons. The molecule has 0 bridgehead atoms. The molecule has 3 aromatic carbocycles. The maximum atomic E-state index is 12.3. The Morgan fingerprint density at radius 1 is 0.933 bits per heavy atom. The van der Waals surface area contributed by atoms with E-state index in [1.807, 2.05) is 42.5 Å². The lowest BCUT2D eigenvalue weighted by Gasteiger charge is -2.12. The predicted molar refractivity (Wildman–Crippen MR) is 118 cm³/mol. The number of nitrogens with one attached hydrogen (secondary N) is 2. The van der Waals surface area contributed by atoms with Crippen molar-refractivity contribution in [3.63, 3.8) is 0 Å². The second kappa shape index (κ2) is 9.91. The highest BCUT2D eigenvalue weighted by molar-refractivity contribution is 6.31. The minimum absolute atomic E-state index is 0.168. The number of halogens is 1. The molecule has 0 heterocycles. The highest BCUT2D eigenvalue weighted by atomic mass is 35.5. The molecule has 0 spiro atoms. The molecule has 0 aliphatic rings. The van der Waals surface area contributed by atoms with E-state index in [0.29, 0.717) is 28.4 Å². The first-order valence-electron chi connectivity index (χ1n) is 9.33. The van der Waals surface area contributed by atoms with Gasteiger partial charge >= 0.3 is 6.09 Å². The van der Waals surface area contributed by atoms with Crippen LogP contribution in [0.2, 0.25) is 5.02 Å². The highest BCUT2D eigenvalue weighted by Crippen LogP contribution is 2.29. The van der Waals surface area contributed by atoms with E-state index in [1.165, 1.54) is 0 Å². The van der Waals surface area contributed by atoms with Crippen LogP contribution in [0.4, 0.5) is 16.2 Å². The second-order valence-corrected chi connectivity index (χ2v) is 7.10. The van der Waals surface area contributed by atoms with Crippen LogP contribution in [0.15, 0.2) is 66.7 Å². The summed E-state index contributed by atoms with van der Waals surface area (Å²) in [6.07, 6.45) is -0.487. The topological polar surface area (TPSA) is 98.7 Å². The van der Waals surface area contributed by atoms with Crippen LogP contribution in [-0.2, 0) is 17.8 Å². The number of aliphatic hydroxyl groups excluding tert-OH is 1. The molecule has 3 rings (SSSR count). The molecule has 6 nitrogen and oxygen atoms in total. The van der Waals surface area contributed by atoms with Gasteiger partial charge in [0.1, 0.15) is 0 Å². The molecule has 0 unspecified atom stereocenters. The van der Waals surface area contributed by atoms with Crippen LogP contribution in [0.5, 0.6) is 0 Å². The van der Waals surface area contributed by atoms with Gasteiger partial charge in [0.2, 0.25) is 5.91 Å². The molecular weight excluding hydrogens is 404 g/mol. The quantitative estimate of drug-likeness (QED) is 0.421. The highest BCUT2D eigenvalue weighted by Gasteiger charge is 2.11. The Hall–Kier alpha value is -3.35. The van der Waals surface area contributed by atoms with Gasteiger partial charge in [-0.25, -0.2) is 4.79 Å². The van der Waals surface area contributed by atoms with Gasteiger partial charge in [-0.1, -0.05) is 60.1 Å². The van der Waals surface area contributed by atoms with Crippen molar-refractivity contribution >= 4 is 35.0 Å². The number of aliphatic hydroxyl groups is 1. The largest absolute Gasteiger partial charge is 0.465 e. The average molecular weight is 425 g/mol. The maximum Gasteiger partial charge on any atom is 0.409 e. The summed E-state index contributed by atoms with van der Waals surface area (Å²) >= 11 is 6.04. The van der Waals surface area contributed by atoms with Crippen LogP contribution in [0.1, 0.15) is 17.5 Å². The van der Waals surface area contributed by atoms with Crippen LogP contribution >= 0.6 is 11.6 Å². The van der Waals surface area contributed by atoms with Crippen molar-refractivity contribution in [1.29, 1.82) is 0 Å². The van der Waals surface area contributed by atoms with Gasteiger partial charge in [-0.2, -0.15) is 0 Å². The summed E-state index contributed by atoms with van der Waals surface area (Å²) in [5, 5.41) is 23.9. The lowest BCUT2D eigenvalue weighted by molar-refractivity contribution is -0.116. The lowest BCUT2D eigenvalue weighted by Crippen LogP contribution is -2.13. The van der Waals surface area contributed by atoms with Gasteiger partial charge in [-0.15, -0.1) is 0 Å². The SMILES string of the molecule is O=C(O)Nc1cc(CCC(=O)Nc2ccc(CO)c(Cl)c2)ccc1-c1ccccc1. The van der Waals surface area contributed by atoms with Crippen molar-refractivity contribution < 1.29 is 19.8 Å². The Bertz CT molecular complexity index is 1050. The zero-order valence-electron chi connectivity index (χ0n) is 16.1. The summed E-state index contributed by atoms with van der Waals surface area (Å²) < 4.78 is 0. The van der Waals surface area contributed by atoms with Crippen LogP contribution in [0, 0.1) is 0 Å². The Morgan fingerprint density at radius 3 is 2.37 bits per heavy atom. The van der Waals surface area contributed by atoms with Gasteiger partial charge in [0.15, 0.2) is 0 Å². The zero-order valence-corrected chi connectivity index (χ0v) is 16.8. The number of hydrogen-bond donors (Lipinski definition) is 4. The Balaban J connectivity index is 1.69. The van der Waals surface area contributed by atoms with Crippen LogP contribution < -0.4 is 10.6 Å². The van der Waals surface area contributed by atoms with Gasteiger partial charge in [0.25, 0.3) is 0 Å². The van der Waals surface area contributed by atoms with E-state index in [9.17, 15) is 9.59 Å². The van der Waals surface area contributed by atoms with Gasteiger partial charge in [-0.3, -0.25) is 10.1 Å². The van der Waals surface area contributed by atoms with Crippen molar-refractivity contribution in [3.8, 4) is 11.1 Å². The molecule has 3 aromatic rings. The molecule has 7 heteroatoms. The van der Waals surface area contributed by atoms with Crippen molar-refractivity contribution in [2.24, 2.45) is 0 Å². The van der Waals surface area contributed by atoms with Crippen molar-refractivity contribution in [2.75, 3.05) is 10.6 Å². The Kier molecular flexibility index (Phi) is 7.06. The molecule has 30 heavy (non-hydrogen) atoms. The van der Waals surface area contributed by atoms with E-state index >= 15 is 0 Å². The molecule has 0 atom stereocenters. The molecular formula is C23H21ClN2O4. The third-order valence-electron chi connectivity index (χ3n) is 4.56. The van der Waals surface area contributed by atoms with Crippen LogP contribution in [0.25, 0.3) is 11.1 Å². The second-order valence-electron chi connectivity index (χ2n) is 6.69. The van der Waals surface area contributed by atoms with Gasteiger partial charge in [-0.05, 0) is 41.3 Å². The third kappa shape index (κ3) is 5.59. The number of anilines is 2. The van der Waals surface area contributed by atoms with E-state index in [-0.39, 0.29) is 18.9 Å². The first-order valence-corrected chi connectivity index (χ1v) is 9.71. The van der Waals surface area contributed by atoms with Crippen LogP contribution in [-0.4, -0.2) is 22.2 Å². The Labute approximate surface area is 179 Å². The van der Waals surface area contributed by atoms with E-state index in [2.05, 4.69) is 10.6 Å². The summed E-state index contributed by atoms with van der Waals surface area (Å²) in [6.45, 7) is -0.168. The first kappa shape index (κ1) is 21.4. The number of benzene rings is 3. The van der Waals surface area contributed by atoms with Gasteiger partial charge in [0.05, 0.1) is 12.3 Å². The number of carboxylic acid groups (broad SMARTS) is 1. The monoisotopic (exact) mass is 424 g/mol. The van der Waals surface area contributed by atoms with Crippen molar-refractivity contribution in [2.45, 2.75) is 19.4 Å². The van der Waals surface area contributed by atoms with E-state index in [4.69, 9.17) is 21.8 Å². The first-order chi connectivity index (χ1) is 14.5. The normalized spacial score (nSPS) is 10.5. The van der Waals surface area contributed by atoms with E-state index in [0.717, 1.165) is 16.7 Å². The molecule has 0 fully saturated rings. The summed E-state index contributed by atoms with van der Waals surface area (Å²) in [5.41, 5.74) is 4.11. The Morgan fingerprint density at radius 2 is 1.70 bits per heavy atom. The molecule has 0 saturated carbocycles. The van der Waals surface area contributed by atoms with Crippen LogP contribution in [0.3, 0.4) is 0 Å². The standard InChI is InChI=1S/C23H21ClN2O4/c24-20-13-18(9-8-17(20)14-27)25-22(28)11-7-15-6-10-19(16-4-2-1-3-5-16)21(12-15)26-23(29)30/h1-6,8-10,12-13,26-27H,7,11,14H2,(H,25,28)(H,29,30). The van der Waals surface area contributed by atoms with E-state index < -0.39 is 6.09 Å². The summed E-state index contributed by atoms with van der Waals surface area (Å²) in [6, 6.07) is 19.9. The lowest BCUT2D eigenvalue weighted by atomic mass is 9.99. The van der Waals surface area contributed by atoms with Gasteiger partial charge in [0, 0.05) is 22.7 Å². The molecule has 0 aromatic heterocycles. The molecule has 4 N–H and O–H groups in total. The number of carbonyl (C=O) groups is 2. The molecule has 0 aliphatic carbocycles. The van der Waals surface area contributed by atoms with Gasteiger partial charge < -0.3 is 15.5 Å². The van der Waals surface area contributed by atoms with Crippen molar-refractivity contribution in [3.05, 3.63) is 82.9 Å². The molecule has 0 aliphatic heterocycles. The number of aryl methyl sites for hydroxylation is 1. The number of rotatable bonds is 7. The minimum atomic E-state index is -1.15. The zero-order chi connectivity index (χ0) is 21.5.